The molecule has 1 fully saturated rings. The van der Waals surface area contributed by atoms with Gasteiger partial charge in [0, 0.05) is 18.2 Å². The zero-order chi connectivity index (χ0) is 10.3. The van der Waals surface area contributed by atoms with Crippen LogP contribution in [0.5, 0.6) is 0 Å². The highest BCUT2D eigenvalue weighted by atomic mass is 16.3. The molecule has 1 heterocycles. The van der Waals surface area contributed by atoms with Gasteiger partial charge < -0.3 is 10.5 Å². The van der Waals surface area contributed by atoms with Crippen LogP contribution in [0.2, 0.25) is 0 Å². The van der Waals surface area contributed by atoms with Crippen LogP contribution in [0.15, 0.2) is 23.4 Å². The number of nitrogens with one attached hydrogen (secondary N) is 2. The summed E-state index contributed by atoms with van der Waals surface area (Å²) in [5.41, 5.74) is 9.37. The van der Waals surface area contributed by atoms with Gasteiger partial charge in [0.05, 0.1) is 6.10 Å². The average molecular weight is 206 g/mol. The third kappa shape index (κ3) is 1.60. The standard InChI is InChI=1S/C12H18N2O/c15-10-4-5-11-8(6-10)2-1-3-9-7-13-14-12(9)11/h4-5,8-10,13-15H,1-3,6-7H2. The smallest absolute Gasteiger partial charge is 0.0729 e. The monoisotopic (exact) mass is 206 g/mol. The van der Waals surface area contributed by atoms with Gasteiger partial charge in [-0.25, -0.2) is 5.43 Å². The Morgan fingerprint density at radius 2 is 2.13 bits per heavy atom. The lowest BCUT2D eigenvalue weighted by molar-refractivity contribution is 0.187. The van der Waals surface area contributed by atoms with Gasteiger partial charge in [0.1, 0.15) is 0 Å². The van der Waals surface area contributed by atoms with E-state index in [1.54, 1.807) is 0 Å². The number of rotatable bonds is 0. The fraction of sp³-hybridized carbons (Fsp3) is 0.667. The molecule has 3 atom stereocenters. The van der Waals surface area contributed by atoms with Gasteiger partial charge in [-0.15, -0.1) is 0 Å². The van der Waals surface area contributed by atoms with Crippen molar-refractivity contribution in [3.05, 3.63) is 23.4 Å². The summed E-state index contributed by atoms with van der Waals surface area (Å²) in [6, 6.07) is 0. The molecule has 3 heteroatoms. The number of hydrazine groups is 1. The molecule has 3 rings (SSSR count). The fourth-order valence-electron chi connectivity index (χ4n) is 3.07. The van der Waals surface area contributed by atoms with Crippen molar-refractivity contribution in [3.8, 4) is 0 Å². The number of hydrogen-bond acceptors (Lipinski definition) is 3. The lowest BCUT2D eigenvalue weighted by Gasteiger charge is -2.24. The molecular formula is C12H18N2O. The van der Waals surface area contributed by atoms with Crippen LogP contribution in [0, 0.1) is 11.8 Å². The minimum Gasteiger partial charge on any atom is -0.389 e. The maximum Gasteiger partial charge on any atom is 0.0729 e. The molecule has 1 aliphatic heterocycles. The van der Waals surface area contributed by atoms with Crippen LogP contribution in [-0.2, 0) is 0 Å². The SMILES string of the molecule is OC1C=CC2=C3NNCC3CCCC2C1. The van der Waals surface area contributed by atoms with Crippen molar-refractivity contribution in [2.45, 2.75) is 31.8 Å². The maximum absolute atomic E-state index is 9.63. The summed E-state index contributed by atoms with van der Waals surface area (Å²) in [6.45, 7) is 1.06. The van der Waals surface area contributed by atoms with Crippen molar-refractivity contribution < 1.29 is 5.11 Å². The molecule has 0 aromatic carbocycles. The third-order valence-electron chi connectivity index (χ3n) is 3.86. The molecule has 0 aromatic rings. The Morgan fingerprint density at radius 3 is 3.07 bits per heavy atom. The van der Waals surface area contributed by atoms with Crippen molar-refractivity contribution in [3.63, 3.8) is 0 Å². The molecule has 15 heavy (non-hydrogen) atoms. The quantitative estimate of drug-likeness (QED) is 0.556. The van der Waals surface area contributed by atoms with Crippen LogP contribution in [0.25, 0.3) is 0 Å². The second kappa shape index (κ2) is 3.65. The molecule has 0 aromatic heterocycles. The Balaban J connectivity index is 1.99. The van der Waals surface area contributed by atoms with Crippen molar-refractivity contribution in [1.82, 2.24) is 10.9 Å². The highest BCUT2D eigenvalue weighted by molar-refractivity contribution is 5.34. The Bertz CT molecular complexity index is 322. The van der Waals surface area contributed by atoms with E-state index in [9.17, 15) is 5.11 Å². The average Bonchev–Trinajstić information content (AvgIpc) is 2.61. The van der Waals surface area contributed by atoms with Crippen molar-refractivity contribution in [1.29, 1.82) is 0 Å². The van der Waals surface area contributed by atoms with Crippen LogP contribution < -0.4 is 10.9 Å². The second-order valence-electron chi connectivity index (χ2n) is 4.86. The fourth-order valence-corrected chi connectivity index (χ4v) is 3.07. The van der Waals surface area contributed by atoms with Crippen molar-refractivity contribution >= 4 is 0 Å². The molecule has 3 N–H and O–H groups in total. The number of allylic oxidation sites excluding steroid dienone is 2. The molecule has 3 nitrogen and oxygen atoms in total. The van der Waals surface area contributed by atoms with Crippen molar-refractivity contribution in [2.24, 2.45) is 11.8 Å². The van der Waals surface area contributed by atoms with E-state index in [2.05, 4.69) is 16.9 Å². The summed E-state index contributed by atoms with van der Waals surface area (Å²) in [7, 11) is 0. The molecule has 1 saturated heterocycles. The summed E-state index contributed by atoms with van der Waals surface area (Å²) >= 11 is 0. The predicted molar refractivity (Wildman–Crippen MR) is 58.8 cm³/mol. The first-order chi connectivity index (χ1) is 7.34. The van der Waals surface area contributed by atoms with Crippen LogP contribution >= 0.6 is 0 Å². The second-order valence-corrected chi connectivity index (χ2v) is 4.86. The molecule has 0 saturated carbocycles. The minimum atomic E-state index is -0.231. The Morgan fingerprint density at radius 1 is 1.27 bits per heavy atom. The van der Waals surface area contributed by atoms with E-state index in [1.165, 1.54) is 30.5 Å². The topological polar surface area (TPSA) is 44.3 Å². The van der Waals surface area contributed by atoms with Crippen LogP contribution in [0.4, 0.5) is 0 Å². The molecule has 82 valence electrons. The number of fused-ring (bicyclic) bond motifs is 2. The van der Waals surface area contributed by atoms with Gasteiger partial charge in [-0.05, 0) is 30.8 Å². The Hall–Kier alpha value is -0.800. The summed E-state index contributed by atoms with van der Waals surface area (Å²) in [6.07, 6.45) is 8.53. The van der Waals surface area contributed by atoms with Crippen LogP contribution in [0.1, 0.15) is 25.7 Å². The summed E-state index contributed by atoms with van der Waals surface area (Å²) in [5.74, 6) is 1.24. The highest BCUT2D eigenvalue weighted by Gasteiger charge is 2.31. The molecule has 0 bridgehead atoms. The van der Waals surface area contributed by atoms with Gasteiger partial charge >= 0.3 is 0 Å². The summed E-state index contributed by atoms with van der Waals surface area (Å²) in [5, 5.41) is 9.63. The molecule has 3 aliphatic rings. The third-order valence-corrected chi connectivity index (χ3v) is 3.86. The predicted octanol–water partition coefficient (Wildman–Crippen LogP) is 1.09. The number of aliphatic hydroxyl groups excluding tert-OH is 1. The molecule has 2 aliphatic carbocycles. The van der Waals surface area contributed by atoms with E-state index in [1.807, 2.05) is 6.08 Å². The van der Waals surface area contributed by atoms with Gasteiger partial charge in [0.25, 0.3) is 0 Å². The molecular weight excluding hydrogens is 188 g/mol. The van der Waals surface area contributed by atoms with Gasteiger partial charge in [0.2, 0.25) is 0 Å². The van der Waals surface area contributed by atoms with E-state index < -0.39 is 0 Å². The summed E-state index contributed by atoms with van der Waals surface area (Å²) in [4.78, 5) is 0. The maximum atomic E-state index is 9.63. The number of aliphatic hydroxyl groups is 1. The van der Waals surface area contributed by atoms with Crippen LogP contribution in [-0.4, -0.2) is 17.8 Å². The van der Waals surface area contributed by atoms with E-state index in [4.69, 9.17) is 0 Å². The normalized spacial score (nSPS) is 39.4. The van der Waals surface area contributed by atoms with Crippen molar-refractivity contribution in [2.75, 3.05) is 6.54 Å². The molecule has 0 radical (unpaired) electrons. The van der Waals surface area contributed by atoms with E-state index in [0.29, 0.717) is 11.8 Å². The van der Waals surface area contributed by atoms with Gasteiger partial charge in [0.15, 0.2) is 0 Å². The lowest BCUT2D eigenvalue weighted by atomic mass is 9.84. The lowest BCUT2D eigenvalue weighted by Crippen LogP contribution is -2.24. The van der Waals surface area contributed by atoms with E-state index in [-0.39, 0.29) is 6.10 Å². The molecule has 0 amide bonds. The van der Waals surface area contributed by atoms with Gasteiger partial charge in [-0.2, -0.15) is 0 Å². The van der Waals surface area contributed by atoms with Gasteiger partial charge in [-0.1, -0.05) is 18.6 Å². The van der Waals surface area contributed by atoms with Crippen LogP contribution in [0.3, 0.4) is 0 Å². The van der Waals surface area contributed by atoms with E-state index in [0.717, 1.165) is 13.0 Å². The Kier molecular flexibility index (Phi) is 2.29. The van der Waals surface area contributed by atoms with E-state index >= 15 is 0 Å². The first-order valence-corrected chi connectivity index (χ1v) is 5.94. The zero-order valence-corrected chi connectivity index (χ0v) is 8.87. The minimum absolute atomic E-state index is 0.231. The first kappa shape index (κ1) is 9.43. The first-order valence-electron chi connectivity index (χ1n) is 5.94. The molecule has 3 unspecified atom stereocenters. The number of hydrogen-bond donors (Lipinski definition) is 3. The zero-order valence-electron chi connectivity index (χ0n) is 8.87. The summed E-state index contributed by atoms with van der Waals surface area (Å²) < 4.78 is 0. The Labute approximate surface area is 90.2 Å². The largest absolute Gasteiger partial charge is 0.389 e. The molecule has 0 spiro atoms. The van der Waals surface area contributed by atoms with Gasteiger partial charge in [-0.3, -0.25) is 0 Å². The highest BCUT2D eigenvalue weighted by Crippen LogP contribution is 2.37.